The van der Waals surface area contributed by atoms with Gasteiger partial charge in [0.1, 0.15) is 43.5 Å². The van der Waals surface area contributed by atoms with Gasteiger partial charge in [0.25, 0.3) is 5.56 Å². The Morgan fingerprint density at radius 3 is 2.73 bits per heavy atom. The zero-order valence-electron chi connectivity index (χ0n) is 29.0. The van der Waals surface area contributed by atoms with Gasteiger partial charge in [-0.15, -0.1) is 9.42 Å². The average Bonchev–Trinajstić information content (AvgIpc) is 3.81. The van der Waals surface area contributed by atoms with Crippen molar-refractivity contribution in [3.8, 4) is 11.9 Å². The number of alkyl halides is 3. The summed E-state index contributed by atoms with van der Waals surface area (Å²) < 4.78 is 93.7. The van der Waals surface area contributed by atoms with Crippen LogP contribution in [0.2, 0.25) is 0 Å². The molecule has 4 heterocycles. The number of imidazole rings is 1. The largest absolute Gasteiger partial charge is 0.695 e. The molecule has 1 saturated carbocycles. The SMILES string of the molecule is CC(C)C(=O)Nc1nc2c(ncn2[C@@H]2O[C@H](CO)[C@@H](OCC(F)(F)F)[C@H]2OP(=S)(OCCC#N)OC[C@H]2C[C@@H](Oc3ccncn3)C[C@@H]2O[P+](=O)O)c(=O)[nH]1. The third-order valence-electron chi connectivity index (χ3n) is 8.19. The van der Waals surface area contributed by atoms with E-state index in [1.165, 1.54) is 18.6 Å². The molecule has 9 atom stereocenters. The van der Waals surface area contributed by atoms with Crippen LogP contribution in [0.1, 0.15) is 39.3 Å². The first-order valence-electron chi connectivity index (χ1n) is 16.5. The summed E-state index contributed by atoms with van der Waals surface area (Å²) >= 11 is 5.72. The number of rotatable bonds is 18. The van der Waals surface area contributed by atoms with Crippen LogP contribution in [0, 0.1) is 23.2 Å². The van der Waals surface area contributed by atoms with E-state index in [4.69, 9.17) is 44.1 Å². The zero-order valence-corrected chi connectivity index (χ0v) is 31.6. The molecule has 4 N–H and O–H groups in total. The molecule has 26 heteroatoms. The number of hydrogen-bond donors (Lipinski definition) is 4. The minimum Gasteiger partial charge on any atom is -0.474 e. The predicted octanol–water partition coefficient (Wildman–Crippen LogP) is 2.79. The van der Waals surface area contributed by atoms with E-state index in [1.807, 2.05) is 6.07 Å². The third-order valence-corrected chi connectivity index (χ3v) is 11.0. The number of nitriles is 1. The number of amides is 1. The van der Waals surface area contributed by atoms with Crippen LogP contribution >= 0.6 is 15.0 Å². The van der Waals surface area contributed by atoms with E-state index in [9.17, 15) is 42.6 Å². The molecule has 3 aromatic heterocycles. The summed E-state index contributed by atoms with van der Waals surface area (Å²) in [4.78, 5) is 53.4. The maximum absolute atomic E-state index is 13.5. The Labute approximate surface area is 315 Å². The number of hydrogen-bond acceptors (Lipinski definition) is 17. The van der Waals surface area contributed by atoms with Gasteiger partial charge in [0.2, 0.25) is 17.7 Å². The normalized spacial score (nSPS) is 25.5. The van der Waals surface area contributed by atoms with Gasteiger partial charge in [-0.1, -0.05) is 13.8 Å². The van der Waals surface area contributed by atoms with Crippen molar-refractivity contribution in [1.29, 1.82) is 5.26 Å². The van der Waals surface area contributed by atoms with Crippen LogP contribution in [0.15, 0.2) is 29.7 Å². The van der Waals surface area contributed by atoms with Gasteiger partial charge in [-0.25, -0.2) is 15.0 Å². The number of carbonyl (C=O) groups excluding carboxylic acids is 1. The number of aromatic nitrogens is 6. The highest BCUT2D eigenvalue weighted by Gasteiger charge is 2.52. The fourth-order valence-electron chi connectivity index (χ4n) is 5.73. The molecule has 2 fully saturated rings. The number of fused-ring (bicyclic) bond motifs is 1. The van der Waals surface area contributed by atoms with Gasteiger partial charge in [-0.3, -0.25) is 29.0 Å². The van der Waals surface area contributed by atoms with Crippen LogP contribution in [-0.4, -0.2) is 109 Å². The van der Waals surface area contributed by atoms with Crippen LogP contribution < -0.4 is 15.6 Å². The molecular formula is C29H36F3N8O12P2S+. The Balaban J connectivity index is 1.48. The Hall–Kier alpha value is -3.59. The molecule has 0 spiro atoms. The first-order valence-corrected chi connectivity index (χ1v) is 20.2. The molecule has 3 aromatic rings. The van der Waals surface area contributed by atoms with Crippen LogP contribution in [0.3, 0.4) is 0 Å². The first-order chi connectivity index (χ1) is 26.1. The highest BCUT2D eigenvalue weighted by atomic mass is 32.5. The van der Waals surface area contributed by atoms with Crippen LogP contribution in [0.5, 0.6) is 5.88 Å². The summed E-state index contributed by atoms with van der Waals surface area (Å²) in [5.41, 5.74) is -1.23. The number of halogens is 3. The fourth-order valence-corrected chi connectivity index (χ4v) is 8.33. The van der Waals surface area contributed by atoms with Gasteiger partial charge in [-0.2, -0.15) is 23.4 Å². The van der Waals surface area contributed by atoms with Gasteiger partial charge in [0.05, 0.1) is 38.6 Å². The third kappa shape index (κ3) is 11.3. The molecule has 1 amide bonds. The summed E-state index contributed by atoms with van der Waals surface area (Å²) in [6, 6.07) is 3.38. The minimum atomic E-state index is -4.84. The Kier molecular flexibility index (Phi) is 14.4. The Morgan fingerprint density at radius 2 is 2.07 bits per heavy atom. The zero-order chi connectivity index (χ0) is 39.9. The maximum Gasteiger partial charge on any atom is 0.695 e. The topological polar surface area (TPSA) is 264 Å². The van der Waals surface area contributed by atoms with Gasteiger partial charge >= 0.3 is 21.1 Å². The average molecular weight is 840 g/mol. The van der Waals surface area contributed by atoms with Gasteiger partial charge in [0.15, 0.2) is 17.4 Å². The molecule has 1 saturated heterocycles. The number of nitrogens with one attached hydrogen (secondary N) is 2. The van der Waals surface area contributed by atoms with E-state index >= 15 is 0 Å². The molecule has 2 unspecified atom stereocenters. The standard InChI is InChI=1S/C29H35F3N8O12P2S/c1-15(2)25(42)38-28-37-24-21(26(43)39-28)36-14-40(24)27-23(22(19(10-41)50-27)46-12-29(30,31)32)52-54(55,47-7-3-5-33)48-11-16-8-17(9-18(16)51-53(44)45)49-20-4-6-34-13-35-20/h4,6,13-19,22-23,27,41H,3,7-12H2,1-2H3,(H2-,37,38,39,42,43,44,45)/p+1/t16-,17-,18+,19-,22-,23-,27-,54?/m1/s1. The van der Waals surface area contributed by atoms with Crippen molar-refractivity contribution in [1.82, 2.24) is 29.5 Å². The number of anilines is 1. The number of aromatic amines is 1. The number of aliphatic hydroxyl groups excluding tert-OH is 1. The lowest BCUT2D eigenvalue weighted by atomic mass is 10.1. The van der Waals surface area contributed by atoms with Crippen molar-refractivity contribution in [2.24, 2.45) is 11.8 Å². The summed E-state index contributed by atoms with van der Waals surface area (Å²) in [5, 5.41) is 21.9. The van der Waals surface area contributed by atoms with Gasteiger partial charge < -0.3 is 28.4 Å². The second kappa shape index (κ2) is 18.6. The second-order valence-corrected chi connectivity index (χ2v) is 16.1. The van der Waals surface area contributed by atoms with E-state index < -0.39 is 94.4 Å². The molecule has 300 valence electrons. The number of ether oxygens (including phenoxy) is 3. The lowest BCUT2D eigenvalue weighted by molar-refractivity contribution is -0.196. The molecule has 0 bridgehead atoms. The summed E-state index contributed by atoms with van der Waals surface area (Å²) in [7, 11) is -3.07. The van der Waals surface area contributed by atoms with Crippen LogP contribution in [-0.2, 0) is 48.7 Å². The molecule has 0 aromatic carbocycles. The highest BCUT2D eigenvalue weighted by molar-refractivity contribution is 8.07. The van der Waals surface area contributed by atoms with E-state index in [0.29, 0.717) is 0 Å². The summed E-state index contributed by atoms with van der Waals surface area (Å²) in [6.45, 7) is -4.32. The molecule has 20 nitrogen and oxygen atoms in total. The van der Waals surface area contributed by atoms with Crippen molar-refractivity contribution in [3.63, 3.8) is 0 Å². The van der Waals surface area contributed by atoms with Crippen molar-refractivity contribution < 1.29 is 64.8 Å². The molecule has 0 radical (unpaired) electrons. The number of H-pyrrole nitrogens is 1. The molecule has 2 aliphatic rings. The van der Waals surface area contributed by atoms with Crippen molar-refractivity contribution >= 4 is 49.8 Å². The summed E-state index contributed by atoms with van der Waals surface area (Å²) in [5.74, 6) is -1.71. The van der Waals surface area contributed by atoms with Crippen LogP contribution in [0.4, 0.5) is 19.1 Å². The Morgan fingerprint density at radius 1 is 1.29 bits per heavy atom. The lowest BCUT2D eigenvalue weighted by Gasteiger charge is -2.31. The van der Waals surface area contributed by atoms with Crippen molar-refractivity contribution in [2.45, 2.75) is 76.0 Å². The molecular weight excluding hydrogens is 803 g/mol. The van der Waals surface area contributed by atoms with E-state index in [2.05, 4.69) is 30.2 Å². The molecule has 1 aliphatic heterocycles. The summed E-state index contributed by atoms with van der Waals surface area (Å²) in [6.07, 6.45) is -8.80. The minimum absolute atomic E-state index is 0.127. The van der Waals surface area contributed by atoms with Gasteiger partial charge in [-0.05, 0) is 18.2 Å². The predicted molar refractivity (Wildman–Crippen MR) is 184 cm³/mol. The lowest BCUT2D eigenvalue weighted by Crippen LogP contribution is -2.40. The smallest absolute Gasteiger partial charge is 0.474 e. The fraction of sp³-hybridized carbons (Fsp3) is 0.621. The first kappa shape index (κ1) is 42.6. The van der Waals surface area contributed by atoms with E-state index in [0.717, 1.165) is 10.9 Å². The quantitative estimate of drug-likeness (QED) is 0.106. The highest BCUT2D eigenvalue weighted by Crippen LogP contribution is 2.55. The molecule has 55 heavy (non-hydrogen) atoms. The van der Waals surface area contributed by atoms with Crippen molar-refractivity contribution in [3.05, 3.63) is 35.3 Å². The van der Waals surface area contributed by atoms with E-state index in [-0.39, 0.29) is 55.5 Å². The monoisotopic (exact) mass is 839 g/mol. The van der Waals surface area contributed by atoms with Crippen molar-refractivity contribution in [2.75, 3.05) is 31.7 Å². The molecule has 5 rings (SSSR count). The van der Waals surface area contributed by atoms with E-state index in [1.54, 1.807) is 13.8 Å². The second-order valence-electron chi connectivity index (χ2n) is 12.5. The Bertz CT molecular complexity index is 1960. The molecule has 1 aliphatic carbocycles. The van der Waals surface area contributed by atoms with Gasteiger partial charge in [0, 0.05) is 35.1 Å². The van der Waals surface area contributed by atoms with Crippen LogP contribution in [0.25, 0.3) is 11.2 Å². The number of aliphatic hydroxyl groups is 1. The number of nitrogens with zero attached hydrogens (tertiary/aromatic N) is 6. The maximum atomic E-state index is 13.5. The number of carbonyl (C=O) groups is 1.